The predicted octanol–water partition coefficient (Wildman–Crippen LogP) is 8.01. The first-order valence-electron chi connectivity index (χ1n) is 16.4. The average molecular weight is 706 g/mol. The minimum absolute atomic E-state index is 0.204. The van der Waals surface area contributed by atoms with Crippen molar-refractivity contribution in [1.29, 1.82) is 0 Å². The molecule has 8 nitrogen and oxygen atoms in total. The highest BCUT2D eigenvalue weighted by Gasteiger charge is 2.22. The molecule has 0 bridgehead atoms. The third-order valence-corrected chi connectivity index (χ3v) is 12.3. The molecule has 0 aliphatic carbocycles. The largest absolute Gasteiger partial charge is 0.299 e. The first-order valence-corrected chi connectivity index (χ1v) is 20.8. The van der Waals surface area contributed by atoms with E-state index in [1.165, 1.54) is 0 Å². The third kappa shape index (κ3) is 33.1. The van der Waals surface area contributed by atoms with Crippen LogP contribution >= 0.6 is 0 Å². The van der Waals surface area contributed by atoms with Crippen LogP contribution in [-0.4, -0.2) is 64.4 Å². The summed E-state index contributed by atoms with van der Waals surface area (Å²) in [5.41, 5.74) is -0.372. The minimum atomic E-state index is -3.11. The van der Waals surface area contributed by atoms with Crippen LogP contribution in [0.1, 0.15) is 152 Å². The Bertz CT molecular complexity index is 959. The Labute approximate surface area is 283 Å². The molecule has 0 unspecified atom stereocenters. The van der Waals surface area contributed by atoms with Crippen LogP contribution < -0.4 is 4.72 Å². The summed E-state index contributed by atoms with van der Waals surface area (Å²) in [6.45, 7) is 39.3. The van der Waals surface area contributed by atoms with Crippen molar-refractivity contribution in [2.24, 2.45) is 23.7 Å². The number of hydrogen-bond donors (Lipinski definition) is 1. The van der Waals surface area contributed by atoms with Crippen molar-refractivity contribution < 1.29 is 30.6 Å². The molecule has 0 aromatic carbocycles. The lowest BCUT2D eigenvalue weighted by Crippen LogP contribution is -2.43. The molecule has 0 rings (SSSR count). The van der Waals surface area contributed by atoms with Gasteiger partial charge in [0.25, 0.3) is 0 Å². The van der Waals surface area contributed by atoms with E-state index >= 15 is 0 Å². The van der Waals surface area contributed by atoms with Gasteiger partial charge in [0.15, 0.2) is 9.84 Å². The van der Waals surface area contributed by atoms with E-state index in [0.717, 1.165) is 6.42 Å². The van der Waals surface area contributed by atoms with E-state index in [4.69, 9.17) is 0 Å². The Morgan fingerprint density at radius 2 is 0.889 bits per heavy atom. The molecule has 45 heavy (non-hydrogen) atoms. The van der Waals surface area contributed by atoms with E-state index in [-0.39, 0.29) is 39.0 Å². The second-order valence-electron chi connectivity index (χ2n) is 15.0. The summed E-state index contributed by atoms with van der Waals surface area (Å²) in [7, 11) is -6.54. The van der Waals surface area contributed by atoms with Crippen molar-refractivity contribution in [3.63, 3.8) is 0 Å². The molecule has 0 aliphatic heterocycles. The molecule has 0 spiro atoms. The molecule has 276 valence electrons. The molecule has 0 aromatic rings. The Morgan fingerprint density at radius 1 is 0.578 bits per heavy atom. The van der Waals surface area contributed by atoms with E-state index in [0.29, 0.717) is 28.0 Å². The van der Waals surface area contributed by atoms with Crippen LogP contribution in [0.15, 0.2) is 0 Å². The zero-order valence-corrected chi connectivity index (χ0v) is 35.4. The molecule has 0 radical (unpaired) electrons. The SMILES string of the molecule is CC(C)C(=O)C(C)C.CC(C)CC(=O)C(C)C.CC(C)S(=O)(=O)C(C)C.CC(C)S(=O)(=O)NC(C)(C)C.CC(C)S(=O)C(C)C. The summed E-state index contributed by atoms with van der Waals surface area (Å²) in [5.74, 6) is 1.87. The molecule has 0 saturated carbocycles. The minimum Gasteiger partial charge on any atom is -0.299 e. The van der Waals surface area contributed by atoms with Crippen molar-refractivity contribution in [2.45, 2.75) is 184 Å². The van der Waals surface area contributed by atoms with Crippen LogP contribution in [0.25, 0.3) is 0 Å². The normalized spacial score (nSPS) is 12.2. The van der Waals surface area contributed by atoms with Crippen LogP contribution in [0.2, 0.25) is 0 Å². The van der Waals surface area contributed by atoms with Crippen molar-refractivity contribution in [3.8, 4) is 0 Å². The van der Waals surface area contributed by atoms with Gasteiger partial charge in [-0.3, -0.25) is 13.8 Å². The Hall–Kier alpha value is -0.650. The van der Waals surface area contributed by atoms with Gasteiger partial charge in [0.1, 0.15) is 11.6 Å². The monoisotopic (exact) mass is 705 g/mol. The van der Waals surface area contributed by atoms with Crippen molar-refractivity contribution in [2.75, 3.05) is 0 Å². The fourth-order valence-electron chi connectivity index (χ4n) is 2.94. The second-order valence-corrected chi connectivity index (χ2v) is 22.8. The Morgan fingerprint density at radius 3 is 0.933 bits per heavy atom. The first kappa shape index (κ1) is 53.8. The smallest absolute Gasteiger partial charge is 0.214 e. The van der Waals surface area contributed by atoms with Crippen LogP contribution in [0.4, 0.5) is 0 Å². The summed E-state index contributed by atoms with van der Waals surface area (Å²) in [4.78, 5) is 21.8. The van der Waals surface area contributed by atoms with Crippen LogP contribution in [0.3, 0.4) is 0 Å². The fourth-order valence-corrected chi connectivity index (χ4v) is 6.20. The first-order chi connectivity index (χ1) is 19.7. The number of rotatable bonds is 11. The Kier molecular flexibility index (Phi) is 30.4. The maximum absolute atomic E-state index is 11.2. The summed E-state index contributed by atoms with van der Waals surface area (Å²) in [5, 5.41) is -0.207. The lowest BCUT2D eigenvalue weighted by atomic mass is 9.99. The summed E-state index contributed by atoms with van der Waals surface area (Å²) in [6.07, 6.45) is 0.734. The highest BCUT2D eigenvalue weighted by Crippen LogP contribution is 2.08. The molecule has 0 aliphatic rings. The number of sulfone groups is 1. The van der Waals surface area contributed by atoms with E-state index in [1.807, 2.05) is 90.0 Å². The molecule has 0 saturated heterocycles. The predicted molar refractivity (Wildman–Crippen MR) is 199 cm³/mol. The number of Topliss-reactive ketones (excluding diaryl/α,β-unsaturated/α-hetero) is 2. The maximum atomic E-state index is 11.2. The lowest BCUT2D eigenvalue weighted by Gasteiger charge is -2.21. The Balaban J connectivity index is -0.000000149. The highest BCUT2D eigenvalue weighted by molar-refractivity contribution is 7.92. The third-order valence-electron chi connectivity index (χ3n) is 5.70. The van der Waals surface area contributed by atoms with E-state index in [9.17, 15) is 30.6 Å². The summed E-state index contributed by atoms with van der Waals surface area (Å²) in [6, 6.07) is 0. The lowest BCUT2D eigenvalue weighted by molar-refractivity contribution is -0.125. The number of carbonyl (C=O) groups excluding carboxylic acids is 2. The van der Waals surface area contributed by atoms with Gasteiger partial charge in [-0.2, -0.15) is 0 Å². The van der Waals surface area contributed by atoms with Gasteiger partial charge in [0.05, 0.1) is 15.7 Å². The van der Waals surface area contributed by atoms with Crippen LogP contribution in [0.5, 0.6) is 0 Å². The van der Waals surface area contributed by atoms with Gasteiger partial charge in [-0.25, -0.2) is 21.6 Å². The standard InChI is InChI=1S/C8H16O.C7H17NO2S.C7H14O.C6H14O2S.C6H14OS/c1-6(2)5-8(9)7(3)4;1-6(2)11(9,10)8-7(3,4)5;1-5(2)7(8)6(3)4;1-5(2)9(7,8)6(3)4;1-5(2)8(7)6(3)4/h6-7H,5H2,1-4H3;6,8H,1-5H3;5-6H,1-4H3;5-6H,1-4H3;5-6H,1-4H3. The molecule has 0 heterocycles. The number of hydrogen-bond acceptors (Lipinski definition) is 7. The zero-order valence-electron chi connectivity index (χ0n) is 33.0. The highest BCUT2D eigenvalue weighted by atomic mass is 32.2. The molecule has 0 atom stereocenters. The second kappa shape index (κ2) is 25.4. The number of carbonyl (C=O) groups is 2. The van der Waals surface area contributed by atoms with Gasteiger partial charge < -0.3 is 0 Å². The molecular formula is C34H75NO7S3. The molecule has 0 amide bonds. The van der Waals surface area contributed by atoms with Crippen molar-refractivity contribution in [3.05, 3.63) is 0 Å². The number of nitrogens with one attached hydrogen (secondary N) is 1. The number of ketones is 2. The van der Waals surface area contributed by atoms with Gasteiger partial charge in [-0.1, -0.05) is 83.1 Å². The van der Waals surface area contributed by atoms with Crippen molar-refractivity contribution >= 4 is 42.2 Å². The summed E-state index contributed by atoms with van der Waals surface area (Å²) < 4.78 is 58.1. The van der Waals surface area contributed by atoms with Crippen LogP contribution in [0, 0.1) is 23.7 Å². The fraction of sp³-hybridized carbons (Fsp3) is 0.941. The molecule has 0 aromatic heterocycles. The van der Waals surface area contributed by atoms with E-state index < -0.39 is 30.7 Å². The molecule has 1 N–H and O–H groups in total. The topological polar surface area (TPSA) is 132 Å². The van der Waals surface area contributed by atoms with Gasteiger partial charge in [0.2, 0.25) is 10.0 Å². The van der Waals surface area contributed by atoms with Gasteiger partial charge in [-0.15, -0.1) is 0 Å². The molecule has 11 heteroatoms. The summed E-state index contributed by atoms with van der Waals surface area (Å²) >= 11 is 0. The average Bonchev–Trinajstić information content (AvgIpc) is 2.82. The molecule has 0 fully saturated rings. The quantitative estimate of drug-likeness (QED) is 0.230. The van der Waals surface area contributed by atoms with Crippen molar-refractivity contribution in [1.82, 2.24) is 4.72 Å². The number of sulfonamides is 1. The van der Waals surface area contributed by atoms with E-state index in [2.05, 4.69) is 18.6 Å². The van der Waals surface area contributed by atoms with Gasteiger partial charge >= 0.3 is 0 Å². The van der Waals surface area contributed by atoms with Gasteiger partial charge in [-0.05, 0) is 68.2 Å². The molecular weight excluding hydrogens is 631 g/mol. The van der Waals surface area contributed by atoms with Crippen LogP contribution in [-0.2, 0) is 40.2 Å². The van der Waals surface area contributed by atoms with E-state index in [1.54, 1.807) is 41.5 Å². The van der Waals surface area contributed by atoms with Gasteiger partial charge in [0, 0.05) is 51.0 Å². The zero-order chi connectivity index (χ0) is 37.8. The maximum Gasteiger partial charge on any atom is 0.214 e.